The number of benzene rings is 1. The third-order valence-corrected chi connectivity index (χ3v) is 8.57. The molecule has 0 saturated heterocycles. The molecular weight excluding hydrogens is 466 g/mol. The van der Waals surface area contributed by atoms with Gasteiger partial charge < -0.3 is 10.4 Å². The van der Waals surface area contributed by atoms with E-state index in [1.165, 1.54) is 4.88 Å². The van der Waals surface area contributed by atoms with Crippen LogP contribution in [0.3, 0.4) is 0 Å². The lowest BCUT2D eigenvalue weighted by molar-refractivity contribution is -0.116. The highest BCUT2D eigenvalue weighted by Gasteiger charge is 2.42. The maximum absolute atomic E-state index is 13.6. The number of para-hydroxylation sites is 1. The van der Waals surface area contributed by atoms with E-state index in [-0.39, 0.29) is 23.2 Å². The Balaban J connectivity index is 1.55. The summed E-state index contributed by atoms with van der Waals surface area (Å²) in [5, 5.41) is 22.2. The number of nitrogens with zero attached hydrogens (tertiary/aromatic N) is 2. The second kappa shape index (κ2) is 8.07. The maximum Gasteiger partial charge on any atom is 0.337 e. The van der Waals surface area contributed by atoms with Gasteiger partial charge in [-0.05, 0) is 48.4 Å². The molecule has 1 aliphatic carbocycles. The van der Waals surface area contributed by atoms with Crippen LogP contribution in [0.15, 0.2) is 70.6 Å². The molecule has 1 aliphatic heterocycles. The third-order valence-electron chi connectivity index (χ3n) is 6.60. The lowest BCUT2D eigenvalue weighted by Crippen LogP contribution is -2.30. The van der Waals surface area contributed by atoms with Crippen LogP contribution in [-0.2, 0) is 4.79 Å². The molecule has 1 aromatic carbocycles. The van der Waals surface area contributed by atoms with Crippen LogP contribution in [0, 0.1) is 6.92 Å². The van der Waals surface area contributed by atoms with Crippen molar-refractivity contribution in [2.45, 2.75) is 31.6 Å². The van der Waals surface area contributed by atoms with Gasteiger partial charge in [0.25, 0.3) is 0 Å². The lowest BCUT2D eigenvalue weighted by Gasteiger charge is -2.35. The van der Waals surface area contributed by atoms with Crippen LogP contribution in [0.5, 0.6) is 0 Å². The number of nitrogens with one attached hydrogen (secondary N) is 1. The number of Topliss-reactive ketones (excluding diaryl/α,β-unsaturated/α-hetero) is 1. The van der Waals surface area contributed by atoms with E-state index in [4.69, 9.17) is 5.10 Å². The van der Waals surface area contributed by atoms with Crippen LogP contribution in [0.2, 0.25) is 0 Å². The number of rotatable bonds is 4. The zero-order chi connectivity index (χ0) is 23.4. The monoisotopic (exact) mass is 487 g/mol. The van der Waals surface area contributed by atoms with E-state index in [9.17, 15) is 14.7 Å². The molecule has 2 N–H and O–H groups in total. The van der Waals surface area contributed by atoms with Crippen LogP contribution in [0.4, 0.5) is 5.82 Å². The zero-order valence-corrected chi connectivity index (χ0v) is 20.0. The normalized spacial score (nSPS) is 19.5. The highest BCUT2D eigenvalue weighted by Crippen LogP contribution is 2.50. The summed E-state index contributed by atoms with van der Waals surface area (Å²) in [6, 6.07) is 15.1. The Labute approximate surface area is 204 Å². The van der Waals surface area contributed by atoms with Crippen LogP contribution in [0.25, 0.3) is 5.69 Å². The number of aromatic carboxylic acids is 1. The number of ketones is 1. The molecule has 0 saturated carbocycles. The van der Waals surface area contributed by atoms with E-state index in [0.717, 1.165) is 39.6 Å². The first-order chi connectivity index (χ1) is 16.5. The highest BCUT2D eigenvalue weighted by molar-refractivity contribution is 7.10. The van der Waals surface area contributed by atoms with Gasteiger partial charge in [0, 0.05) is 38.9 Å². The highest BCUT2D eigenvalue weighted by atomic mass is 32.1. The minimum Gasteiger partial charge on any atom is -0.478 e. The second-order valence-corrected chi connectivity index (χ2v) is 10.5. The number of hydrogen-bond donors (Lipinski definition) is 2. The topological polar surface area (TPSA) is 84.2 Å². The molecule has 4 aromatic rings. The Kier molecular flexibility index (Phi) is 5.00. The number of thiophene rings is 2. The predicted octanol–water partition coefficient (Wildman–Crippen LogP) is 5.96. The summed E-state index contributed by atoms with van der Waals surface area (Å²) in [6.07, 6.45) is 1.22. The number of hydrogen-bond acceptors (Lipinski definition) is 6. The Morgan fingerprint density at radius 2 is 1.79 bits per heavy atom. The van der Waals surface area contributed by atoms with Crippen LogP contribution >= 0.6 is 22.7 Å². The number of aryl methyl sites for hydroxylation is 1. The fourth-order valence-corrected chi connectivity index (χ4v) is 6.83. The first kappa shape index (κ1) is 21.1. The van der Waals surface area contributed by atoms with Crippen molar-refractivity contribution in [3.63, 3.8) is 0 Å². The predicted molar refractivity (Wildman–Crippen MR) is 133 cm³/mol. The van der Waals surface area contributed by atoms with E-state index in [1.54, 1.807) is 45.6 Å². The summed E-state index contributed by atoms with van der Waals surface area (Å²) in [5.41, 5.74) is 4.12. The van der Waals surface area contributed by atoms with Gasteiger partial charge in [0.1, 0.15) is 5.82 Å². The average Bonchev–Trinajstić information content (AvgIpc) is 3.60. The molecule has 170 valence electrons. The third kappa shape index (κ3) is 3.25. The molecule has 0 amide bonds. The number of aromatic nitrogens is 2. The number of allylic oxidation sites excluding steroid dienone is 2. The van der Waals surface area contributed by atoms with E-state index >= 15 is 0 Å². The number of carboxylic acids is 1. The van der Waals surface area contributed by atoms with Crippen molar-refractivity contribution >= 4 is 40.2 Å². The molecule has 8 heteroatoms. The van der Waals surface area contributed by atoms with Crippen molar-refractivity contribution in [1.29, 1.82) is 0 Å². The molecule has 2 aliphatic rings. The fraction of sp³-hybridized carbons (Fsp3) is 0.192. The van der Waals surface area contributed by atoms with E-state index in [2.05, 4.69) is 17.4 Å². The Morgan fingerprint density at radius 3 is 2.50 bits per heavy atom. The van der Waals surface area contributed by atoms with Gasteiger partial charge in [0.2, 0.25) is 0 Å². The summed E-state index contributed by atoms with van der Waals surface area (Å²) < 4.78 is 1.69. The second-order valence-electron chi connectivity index (χ2n) is 8.59. The van der Waals surface area contributed by atoms with Crippen molar-refractivity contribution in [3.8, 4) is 5.69 Å². The summed E-state index contributed by atoms with van der Waals surface area (Å²) in [6.45, 7) is 1.92. The summed E-state index contributed by atoms with van der Waals surface area (Å²) in [5.74, 6) is -0.187. The fourth-order valence-electron chi connectivity index (χ4n) is 5.15. The molecule has 3 aromatic heterocycles. The first-order valence-electron chi connectivity index (χ1n) is 11.0. The average molecular weight is 488 g/mol. The van der Waals surface area contributed by atoms with Gasteiger partial charge in [-0.2, -0.15) is 5.10 Å². The van der Waals surface area contributed by atoms with Crippen LogP contribution in [0.1, 0.15) is 56.0 Å². The molecule has 0 spiro atoms. The van der Waals surface area contributed by atoms with Crippen molar-refractivity contribution in [3.05, 3.63) is 97.1 Å². The Morgan fingerprint density at radius 1 is 1.06 bits per heavy atom. The number of carbonyl (C=O) groups is 2. The molecule has 0 bridgehead atoms. The molecule has 6 nitrogen and oxygen atoms in total. The molecule has 6 rings (SSSR count). The zero-order valence-electron chi connectivity index (χ0n) is 18.3. The van der Waals surface area contributed by atoms with E-state index in [1.807, 2.05) is 35.9 Å². The molecule has 4 heterocycles. The van der Waals surface area contributed by atoms with Gasteiger partial charge >= 0.3 is 5.97 Å². The molecule has 2 unspecified atom stereocenters. The van der Waals surface area contributed by atoms with Crippen LogP contribution in [-0.4, -0.2) is 26.6 Å². The van der Waals surface area contributed by atoms with Crippen molar-refractivity contribution in [2.24, 2.45) is 0 Å². The maximum atomic E-state index is 13.6. The molecule has 2 atom stereocenters. The molecule has 0 fully saturated rings. The van der Waals surface area contributed by atoms with Gasteiger partial charge in [-0.3, -0.25) is 4.79 Å². The molecular formula is C26H21N3O3S2. The quantitative estimate of drug-likeness (QED) is 0.371. The molecule has 34 heavy (non-hydrogen) atoms. The van der Waals surface area contributed by atoms with Gasteiger partial charge in [-0.25, -0.2) is 9.48 Å². The standard InChI is InChI=1S/C26H21N3O3S2/c1-14-22-24(21-9-5-11-34-21)23-17(12-15(13-19(23)30)20-8-4-10-33-20)27-25(22)29(28-14)18-7-3-2-6-16(18)26(31)32/h2-11,15,24,27H,12-13H2,1H3,(H,31,32). The largest absolute Gasteiger partial charge is 0.478 e. The smallest absolute Gasteiger partial charge is 0.337 e. The van der Waals surface area contributed by atoms with E-state index < -0.39 is 5.97 Å². The van der Waals surface area contributed by atoms with Gasteiger partial charge in [0.15, 0.2) is 5.78 Å². The Hall–Kier alpha value is -3.49. The SMILES string of the molecule is Cc1nn(-c2ccccc2C(=O)O)c2c1C(c1cccs1)C1=C(CC(c3cccs3)CC1=O)N2. The first-order valence-corrected chi connectivity index (χ1v) is 12.8. The molecule has 0 radical (unpaired) electrons. The summed E-state index contributed by atoms with van der Waals surface area (Å²) in [7, 11) is 0. The van der Waals surface area contributed by atoms with E-state index in [0.29, 0.717) is 12.1 Å². The van der Waals surface area contributed by atoms with Gasteiger partial charge in [-0.15, -0.1) is 22.7 Å². The number of carbonyl (C=O) groups excluding carboxylic acids is 1. The number of fused-ring (bicyclic) bond motifs is 1. The van der Waals surface area contributed by atoms with Gasteiger partial charge in [-0.1, -0.05) is 24.3 Å². The summed E-state index contributed by atoms with van der Waals surface area (Å²) >= 11 is 3.31. The minimum absolute atomic E-state index is 0.132. The van der Waals surface area contributed by atoms with Crippen molar-refractivity contribution in [1.82, 2.24) is 9.78 Å². The number of carboxylic acid groups (broad SMARTS) is 1. The number of anilines is 1. The van der Waals surface area contributed by atoms with Crippen molar-refractivity contribution in [2.75, 3.05) is 5.32 Å². The van der Waals surface area contributed by atoms with Gasteiger partial charge in [0.05, 0.1) is 22.9 Å². The van der Waals surface area contributed by atoms with Crippen LogP contribution < -0.4 is 5.32 Å². The Bertz CT molecular complexity index is 1450. The summed E-state index contributed by atoms with van der Waals surface area (Å²) in [4.78, 5) is 27.8. The lowest BCUT2D eigenvalue weighted by atomic mass is 9.75. The van der Waals surface area contributed by atoms with Crippen molar-refractivity contribution < 1.29 is 14.7 Å². The minimum atomic E-state index is -1.01.